The lowest BCUT2D eigenvalue weighted by atomic mass is 10.1. The topological polar surface area (TPSA) is 67.4 Å². The summed E-state index contributed by atoms with van der Waals surface area (Å²) in [4.78, 5) is 23.2. The van der Waals surface area contributed by atoms with E-state index in [0.29, 0.717) is 24.5 Å². The van der Waals surface area contributed by atoms with Crippen molar-refractivity contribution in [2.24, 2.45) is 0 Å². The highest BCUT2D eigenvalue weighted by molar-refractivity contribution is 6.35. The Hall–Kier alpha value is -1.59. The van der Waals surface area contributed by atoms with Crippen molar-refractivity contribution in [2.45, 2.75) is 25.4 Å². The van der Waals surface area contributed by atoms with Gasteiger partial charge >= 0.3 is 11.8 Å². The van der Waals surface area contributed by atoms with Gasteiger partial charge in [-0.1, -0.05) is 23.7 Å². The third-order valence-corrected chi connectivity index (χ3v) is 3.58. The molecule has 2 N–H and O–H groups in total. The lowest BCUT2D eigenvalue weighted by molar-refractivity contribution is -0.139. The summed E-state index contributed by atoms with van der Waals surface area (Å²) in [6.07, 6.45) is 2.63. The average molecular weight is 311 g/mol. The van der Waals surface area contributed by atoms with Gasteiger partial charge < -0.3 is 15.4 Å². The number of nitrogens with one attached hydrogen (secondary N) is 2. The van der Waals surface area contributed by atoms with Crippen LogP contribution in [0.1, 0.15) is 18.4 Å². The van der Waals surface area contributed by atoms with Crippen LogP contribution in [0.25, 0.3) is 0 Å². The Kier molecular flexibility index (Phi) is 6.02. The van der Waals surface area contributed by atoms with Crippen molar-refractivity contribution in [3.05, 3.63) is 34.9 Å². The maximum atomic E-state index is 11.6. The maximum Gasteiger partial charge on any atom is 0.309 e. The number of halogens is 1. The molecule has 1 atom stereocenters. The molecule has 0 bridgehead atoms. The molecule has 114 valence electrons. The van der Waals surface area contributed by atoms with Crippen molar-refractivity contribution in [3.8, 4) is 0 Å². The standard InChI is InChI=1S/C15H19ClN2O3/c16-12-5-3-11(4-6-12)7-8-17-14(19)15(20)18-10-13-2-1-9-21-13/h3-6,13H,1-2,7-10H2,(H,17,19)(H,18,20). The number of benzene rings is 1. The highest BCUT2D eigenvalue weighted by atomic mass is 35.5. The van der Waals surface area contributed by atoms with Crippen molar-refractivity contribution < 1.29 is 14.3 Å². The molecule has 5 nitrogen and oxygen atoms in total. The lowest BCUT2D eigenvalue weighted by Crippen LogP contribution is -2.43. The number of hydrogen-bond donors (Lipinski definition) is 2. The molecule has 0 spiro atoms. The molecule has 21 heavy (non-hydrogen) atoms. The van der Waals surface area contributed by atoms with Crippen LogP contribution in [0, 0.1) is 0 Å². The van der Waals surface area contributed by atoms with Crippen LogP contribution in [0.5, 0.6) is 0 Å². The van der Waals surface area contributed by atoms with Crippen LogP contribution in [-0.4, -0.2) is 37.6 Å². The van der Waals surface area contributed by atoms with Gasteiger partial charge in [-0.05, 0) is 37.0 Å². The predicted molar refractivity (Wildman–Crippen MR) is 80.1 cm³/mol. The fourth-order valence-corrected chi connectivity index (χ4v) is 2.27. The van der Waals surface area contributed by atoms with E-state index in [1.807, 2.05) is 12.1 Å². The van der Waals surface area contributed by atoms with Crippen molar-refractivity contribution >= 4 is 23.4 Å². The Bertz CT molecular complexity index is 484. The largest absolute Gasteiger partial charge is 0.376 e. The van der Waals surface area contributed by atoms with Gasteiger partial charge in [0.15, 0.2) is 0 Å². The van der Waals surface area contributed by atoms with E-state index in [4.69, 9.17) is 16.3 Å². The summed E-state index contributed by atoms with van der Waals surface area (Å²) < 4.78 is 5.37. The van der Waals surface area contributed by atoms with E-state index >= 15 is 0 Å². The zero-order valence-corrected chi connectivity index (χ0v) is 12.5. The van der Waals surface area contributed by atoms with Gasteiger partial charge in [0.25, 0.3) is 0 Å². The van der Waals surface area contributed by atoms with E-state index in [9.17, 15) is 9.59 Å². The second-order valence-corrected chi connectivity index (χ2v) is 5.41. The maximum absolute atomic E-state index is 11.6. The zero-order chi connectivity index (χ0) is 15.1. The summed E-state index contributed by atoms with van der Waals surface area (Å²) in [7, 11) is 0. The second kappa shape index (κ2) is 8.00. The van der Waals surface area contributed by atoms with Crippen LogP contribution in [0.3, 0.4) is 0 Å². The molecular formula is C15H19ClN2O3. The zero-order valence-electron chi connectivity index (χ0n) is 11.7. The molecule has 1 fully saturated rings. The Morgan fingerprint density at radius 3 is 2.57 bits per heavy atom. The van der Waals surface area contributed by atoms with E-state index < -0.39 is 11.8 Å². The quantitative estimate of drug-likeness (QED) is 0.805. The minimum atomic E-state index is -0.610. The van der Waals surface area contributed by atoms with Crippen molar-refractivity contribution in [2.75, 3.05) is 19.7 Å². The molecule has 0 saturated carbocycles. The van der Waals surface area contributed by atoms with Crippen molar-refractivity contribution in [1.29, 1.82) is 0 Å². The second-order valence-electron chi connectivity index (χ2n) is 4.98. The SMILES string of the molecule is O=C(NCCc1ccc(Cl)cc1)C(=O)NCC1CCCO1. The molecule has 2 rings (SSSR count). The van der Waals surface area contributed by atoms with Gasteiger partial charge in [-0.25, -0.2) is 0 Å². The third-order valence-electron chi connectivity index (χ3n) is 3.33. The van der Waals surface area contributed by atoms with Crippen molar-refractivity contribution in [3.63, 3.8) is 0 Å². The summed E-state index contributed by atoms with van der Waals surface area (Å²) >= 11 is 5.79. The Labute approximate surface area is 129 Å². The molecular weight excluding hydrogens is 292 g/mol. The Morgan fingerprint density at radius 2 is 1.90 bits per heavy atom. The van der Waals surface area contributed by atoms with Gasteiger partial charge in [-0.3, -0.25) is 9.59 Å². The molecule has 1 aromatic carbocycles. The number of ether oxygens (including phenoxy) is 1. The molecule has 1 heterocycles. The molecule has 2 amide bonds. The first-order chi connectivity index (χ1) is 10.1. The highest BCUT2D eigenvalue weighted by Crippen LogP contribution is 2.10. The molecule has 0 radical (unpaired) electrons. The molecule has 1 unspecified atom stereocenters. The highest BCUT2D eigenvalue weighted by Gasteiger charge is 2.18. The van der Waals surface area contributed by atoms with Crippen LogP contribution >= 0.6 is 11.6 Å². The third kappa shape index (κ3) is 5.36. The van der Waals surface area contributed by atoms with E-state index in [-0.39, 0.29) is 6.10 Å². The molecule has 0 aromatic heterocycles. The van der Waals surface area contributed by atoms with Crippen molar-refractivity contribution in [1.82, 2.24) is 10.6 Å². The van der Waals surface area contributed by atoms with Gasteiger partial charge in [-0.2, -0.15) is 0 Å². The number of carbonyl (C=O) groups excluding carboxylic acids is 2. The summed E-state index contributed by atoms with van der Waals surface area (Å²) in [6.45, 7) is 1.53. The fourth-order valence-electron chi connectivity index (χ4n) is 2.14. The smallest absolute Gasteiger partial charge is 0.309 e. The van der Waals surface area contributed by atoms with E-state index in [2.05, 4.69) is 10.6 Å². The van der Waals surface area contributed by atoms with E-state index in [1.54, 1.807) is 12.1 Å². The molecule has 1 aliphatic heterocycles. The molecule has 0 aliphatic carbocycles. The summed E-state index contributed by atoms with van der Waals surface area (Å²) in [6, 6.07) is 7.39. The minimum absolute atomic E-state index is 0.0378. The normalized spacial score (nSPS) is 17.5. The van der Waals surface area contributed by atoms with Crippen LogP contribution < -0.4 is 10.6 Å². The first-order valence-electron chi connectivity index (χ1n) is 7.07. The number of hydrogen-bond acceptors (Lipinski definition) is 3. The number of carbonyl (C=O) groups is 2. The number of amides is 2. The Balaban J connectivity index is 1.63. The molecule has 1 aliphatic rings. The van der Waals surface area contributed by atoms with Crippen LogP contribution in [-0.2, 0) is 20.7 Å². The summed E-state index contributed by atoms with van der Waals surface area (Å²) in [5.74, 6) is -1.22. The lowest BCUT2D eigenvalue weighted by Gasteiger charge is -2.10. The Morgan fingerprint density at radius 1 is 1.19 bits per heavy atom. The number of rotatable bonds is 5. The van der Waals surface area contributed by atoms with Gasteiger partial charge in [-0.15, -0.1) is 0 Å². The van der Waals surface area contributed by atoms with E-state index in [0.717, 1.165) is 25.0 Å². The first-order valence-corrected chi connectivity index (χ1v) is 7.45. The van der Waals surface area contributed by atoms with Gasteiger partial charge in [0.05, 0.1) is 6.10 Å². The van der Waals surface area contributed by atoms with Crippen LogP contribution in [0.4, 0.5) is 0 Å². The van der Waals surface area contributed by atoms with Gasteiger partial charge in [0.2, 0.25) is 0 Å². The monoisotopic (exact) mass is 310 g/mol. The van der Waals surface area contributed by atoms with Gasteiger partial charge in [0.1, 0.15) is 0 Å². The van der Waals surface area contributed by atoms with Crippen LogP contribution in [0.15, 0.2) is 24.3 Å². The van der Waals surface area contributed by atoms with Gasteiger partial charge in [0, 0.05) is 24.7 Å². The first kappa shape index (κ1) is 15.8. The minimum Gasteiger partial charge on any atom is -0.376 e. The molecule has 1 saturated heterocycles. The average Bonchev–Trinajstić information content (AvgIpc) is 3.00. The predicted octanol–water partition coefficient (Wildman–Crippen LogP) is 1.29. The van der Waals surface area contributed by atoms with E-state index in [1.165, 1.54) is 0 Å². The summed E-state index contributed by atoms with van der Waals surface area (Å²) in [5.41, 5.74) is 1.06. The van der Waals surface area contributed by atoms with Crippen LogP contribution in [0.2, 0.25) is 5.02 Å². The summed E-state index contributed by atoms with van der Waals surface area (Å²) in [5, 5.41) is 5.86. The molecule has 1 aromatic rings. The fraction of sp³-hybridized carbons (Fsp3) is 0.467. The molecule has 6 heteroatoms.